The van der Waals surface area contributed by atoms with Crippen molar-refractivity contribution in [2.75, 3.05) is 5.32 Å². The summed E-state index contributed by atoms with van der Waals surface area (Å²) < 4.78 is 0. The molecule has 0 atom stereocenters. The highest BCUT2D eigenvalue weighted by Gasteiger charge is 2.17. The molecule has 0 saturated heterocycles. The minimum absolute atomic E-state index is 0.0560. The number of carbonyl (C=O) groups is 1. The maximum atomic E-state index is 13.1. The zero-order valence-electron chi connectivity index (χ0n) is 17.2. The Balaban J connectivity index is 1.48. The molecule has 0 radical (unpaired) electrons. The third kappa shape index (κ3) is 3.43. The van der Waals surface area contributed by atoms with Crippen molar-refractivity contribution in [3.63, 3.8) is 0 Å². The molecule has 0 aliphatic rings. The molecule has 1 aromatic carbocycles. The van der Waals surface area contributed by atoms with Crippen molar-refractivity contribution in [3.05, 3.63) is 81.9 Å². The lowest BCUT2D eigenvalue weighted by Crippen LogP contribution is -2.17. The van der Waals surface area contributed by atoms with Crippen molar-refractivity contribution in [3.8, 4) is 5.88 Å². The maximum Gasteiger partial charge on any atom is 0.261 e. The van der Waals surface area contributed by atoms with E-state index in [0.29, 0.717) is 16.9 Å². The molecule has 1 amide bonds. The van der Waals surface area contributed by atoms with Gasteiger partial charge in [-0.2, -0.15) is 0 Å². The average molecular weight is 427 g/mol. The Kier molecular flexibility index (Phi) is 4.59. The van der Waals surface area contributed by atoms with Crippen molar-refractivity contribution in [2.24, 2.45) is 0 Å². The molecule has 0 saturated carbocycles. The Hall–Kier alpha value is -4.60. The number of aromatic amines is 1. The third-order valence-corrected chi connectivity index (χ3v) is 4.98. The van der Waals surface area contributed by atoms with Crippen molar-refractivity contribution in [1.82, 2.24) is 30.1 Å². The van der Waals surface area contributed by atoms with Crippen LogP contribution in [0.4, 0.5) is 5.69 Å². The first-order valence-corrected chi connectivity index (χ1v) is 9.75. The fraction of sp³-hybridized carbons (Fsp3) is 0.0909. The summed E-state index contributed by atoms with van der Waals surface area (Å²) in [7, 11) is 0. The van der Waals surface area contributed by atoms with Crippen LogP contribution in [-0.4, -0.2) is 36.0 Å². The summed E-state index contributed by atoms with van der Waals surface area (Å²) in [6, 6.07) is 11.9. The molecular formula is C22H17N7O3. The van der Waals surface area contributed by atoms with E-state index in [1.807, 2.05) is 19.9 Å². The van der Waals surface area contributed by atoms with E-state index >= 15 is 0 Å². The van der Waals surface area contributed by atoms with Crippen LogP contribution < -0.4 is 15.7 Å². The predicted molar refractivity (Wildman–Crippen MR) is 118 cm³/mol. The zero-order valence-corrected chi connectivity index (χ0v) is 17.2. The predicted octanol–water partition coefficient (Wildman–Crippen LogP) is 2.77. The first-order chi connectivity index (χ1) is 15.5. The number of nitrogens with zero attached hydrogens (tertiary/aromatic N) is 5. The number of hydrogen-bond acceptors (Lipinski definition) is 7. The normalized spacial score (nSPS) is 11.1. The van der Waals surface area contributed by atoms with Crippen LogP contribution in [0.2, 0.25) is 0 Å². The van der Waals surface area contributed by atoms with E-state index in [2.05, 4.69) is 30.6 Å². The summed E-state index contributed by atoms with van der Waals surface area (Å²) in [5.41, 5.74) is 3.97. The van der Waals surface area contributed by atoms with E-state index in [1.54, 1.807) is 36.5 Å². The first-order valence-electron chi connectivity index (χ1n) is 9.75. The number of hydrogen-bond donors (Lipinski definition) is 2. The second-order valence-corrected chi connectivity index (χ2v) is 7.24. The van der Waals surface area contributed by atoms with Gasteiger partial charge in [-0.25, -0.2) is 9.97 Å². The topological polar surface area (TPSA) is 128 Å². The Labute approximate surface area is 180 Å². The van der Waals surface area contributed by atoms with E-state index in [-0.39, 0.29) is 17.0 Å². The minimum Gasteiger partial charge on any atom is -0.333 e. The van der Waals surface area contributed by atoms with E-state index < -0.39 is 5.91 Å². The number of fused-ring (bicyclic) bond motifs is 2. The fourth-order valence-electron chi connectivity index (χ4n) is 3.49. The molecule has 158 valence electrons. The van der Waals surface area contributed by atoms with Crippen LogP contribution >= 0.6 is 0 Å². The first kappa shape index (κ1) is 19.4. The van der Waals surface area contributed by atoms with Gasteiger partial charge in [0.1, 0.15) is 11.1 Å². The van der Waals surface area contributed by atoms with E-state index in [1.165, 1.54) is 12.3 Å². The number of aromatic nitrogens is 6. The minimum atomic E-state index is -0.411. The Morgan fingerprint density at radius 3 is 2.75 bits per heavy atom. The molecule has 0 aliphatic carbocycles. The highest BCUT2D eigenvalue weighted by molar-refractivity contribution is 6.06. The molecule has 4 heterocycles. The number of rotatable bonds is 4. The summed E-state index contributed by atoms with van der Waals surface area (Å²) in [6.45, 7) is 3.72. The van der Waals surface area contributed by atoms with Crippen LogP contribution in [0.15, 0.2) is 59.7 Å². The number of amides is 1. The number of aryl methyl sites for hydroxylation is 2. The van der Waals surface area contributed by atoms with Crippen molar-refractivity contribution in [1.29, 1.82) is 0 Å². The molecule has 4 aromatic heterocycles. The molecule has 0 bridgehead atoms. The molecule has 32 heavy (non-hydrogen) atoms. The van der Waals surface area contributed by atoms with Gasteiger partial charge < -0.3 is 15.1 Å². The Morgan fingerprint density at radius 1 is 1.06 bits per heavy atom. The van der Waals surface area contributed by atoms with Crippen LogP contribution in [0.25, 0.3) is 22.1 Å². The maximum absolute atomic E-state index is 13.1. The number of pyridine rings is 3. The van der Waals surface area contributed by atoms with Gasteiger partial charge in [0.05, 0.1) is 5.52 Å². The van der Waals surface area contributed by atoms with Gasteiger partial charge in [0.25, 0.3) is 11.8 Å². The van der Waals surface area contributed by atoms with Crippen LogP contribution in [0.3, 0.4) is 0 Å². The number of carbonyl (C=O) groups excluding carboxylic acids is 1. The number of benzene rings is 1. The van der Waals surface area contributed by atoms with E-state index in [0.717, 1.165) is 26.9 Å². The van der Waals surface area contributed by atoms with Gasteiger partial charge in [-0.15, -0.1) is 5.10 Å². The molecular weight excluding hydrogens is 410 g/mol. The summed E-state index contributed by atoms with van der Waals surface area (Å²) in [5, 5.41) is 11.6. The Morgan fingerprint density at radius 2 is 1.88 bits per heavy atom. The monoisotopic (exact) mass is 427 g/mol. The SMILES string of the molecule is Cc1cc(=O)[nH]c2c(C)cc(NC(=O)c3cccnc3On3nnc4cccnc43)cc12. The zero-order chi connectivity index (χ0) is 22.2. The van der Waals surface area contributed by atoms with E-state index in [4.69, 9.17) is 4.84 Å². The smallest absolute Gasteiger partial charge is 0.261 e. The lowest BCUT2D eigenvalue weighted by atomic mass is 10.1. The summed E-state index contributed by atoms with van der Waals surface area (Å²) in [4.78, 5) is 42.9. The third-order valence-electron chi connectivity index (χ3n) is 4.98. The molecule has 10 nitrogen and oxygen atoms in total. The van der Waals surface area contributed by atoms with Crippen molar-refractivity contribution >= 4 is 33.7 Å². The number of anilines is 1. The van der Waals surface area contributed by atoms with Crippen molar-refractivity contribution in [2.45, 2.75) is 13.8 Å². The summed E-state index contributed by atoms with van der Waals surface area (Å²) in [6.07, 6.45) is 3.10. The van der Waals surface area contributed by atoms with Crippen LogP contribution in [0.1, 0.15) is 21.5 Å². The second-order valence-electron chi connectivity index (χ2n) is 7.24. The van der Waals surface area contributed by atoms with Gasteiger partial charge >= 0.3 is 0 Å². The molecule has 0 unspecified atom stereocenters. The van der Waals surface area contributed by atoms with Gasteiger partial charge in [-0.1, -0.05) is 4.85 Å². The fourth-order valence-corrected chi connectivity index (χ4v) is 3.49. The quantitative estimate of drug-likeness (QED) is 0.451. The average Bonchev–Trinajstić information content (AvgIpc) is 3.18. The summed E-state index contributed by atoms with van der Waals surface area (Å²) >= 11 is 0. The number of nitrogens with one attached hydrogen (secondary N) is 2. The van der Waals surface area contributed by atoms with Crippen LogP contribution in [0, 0.1) is 13.8 Å². The number of H-pyrrole nitrogens is 1. The Bertz CT molecular complexity index is 1550. The molecule has 0 spiro atoms. The van der Waals surface area contributed by atoms with Crippen LogP contribution in [0.5, 0.6) is 5.88 Å². The van der Waals surface area contributed by atoms with Gasteiger partial charge in [0, 0.05) is 29.5 Å². The summed E-state index contributed by atoms with van der Waals surface area (Å²) in [5.74, 6) is -0.355. The lowest BCUT2D eigenvalue weighted by Gasteiger charge is -2.12. The highest BCUT2D eigenvalue weighted by atomic mass is 16.7. The molecule has 0 fully saturated rings. The van der Waals surface area contributed by atoms with E-state index in [9.17, 15) is 9.59 Å². The largest absolute Gasteiger partial charge is 0.333 e. The molecule has 5 rings (SSSR count). The van der Waals surface area contributed by atoms with Gasteiger partial charge in [-0.05, 0) is 66.6 Å². The van der Waals surface area contributed by atoms with Crippen LogP contribution in [-0.2, 0) is 0 Å². The highest BCUT2D eigenvalue weighted by Crippen LogP contribution is 2.25. The second kappa shape index (κ2) is 7.58. The molecule has 5 aromatic rings. The molecule has 0 aliphatic heterocycles. The molecule has 10 heteroatoms. The van der Waals surface area contributed by atoms with Gasteiger partial charge in [0.15, 0.2) is 0 Å². The molecule has 2 N–H and O–H groups in total. The van der Waals surface area contributed by atoms with Gasteiger partial charge in [0.2, 0.25) is 11.2 Å². The lowest BCUT2D eigenvalue weighted by molar-refractivity contribution is 0.101. The van der Waals surface area contributed by atoms with Crippen molar-refractivity contribution < 1.29 is 9.63 Å². The van der Waals surface area contributed by atoms with Gasteiger partial charge in [-0.3, -0.25) is 9.59 Å². The standard InChI is InChI=1S/C22H17N7O3/c1-12-10-18(30)26-19-13(2)9-14(11-16(12)19)25-21(31)15-5-3-8-24-22(15)32-29-20-17(27-28-29)6-4-7-23-20/h3-11H,1-2H3,(H,25,31)(H,26,30).